The zero-order chi connectivity index (χ0) is 13.9. The molecule has 19 heavy (non-hydrogen) atoms. The molecule has 0 aliphatic carbocycles. The molecular formula is C10H11F3N4O2. The highest BCUT2D eigenvalue weighted by Crippen LogP contribution is 2.24. The minimum Gasteiger partial charge on any atom is -0.397 e. The average Bonchev–Trinajstić information content (AvgIpc) is 2.80. The molecule has 0 saturated heterocycles. The van der Waals surface area contributed by atoms with E-state index in [4.69, 9.17) is 5.73 Å². The standard InChI is InChI=1S/C10H11F3N4O2/c11-10(12,13)5-18-4-3-15-7-2-1-6(14)8-9(7)17-19-16-8/h1-2,15H,3-5,14H2. The van der Waals surface area contributed by atoms with E-state index in [0.717, 1.165) is 0 Å². The third-order valence-electron chi connectivity index (χ3n) is 2.27. The number of nitrogens with one attached hydrogen (secondary N) is 1. The van der Waals surface area contributed by atoms with Gasteiger partial charge in [0.1, 0.15) is 6.61 Å². The number of halogens is 3. The molecule has 0 bridgehead atoms. The molecule has 1 aromatic carbocycles. The van der Waals surface area contributed by atoms with Gasteiger partial charge in [0, 0.05) is 6.54 Å². The summed E-state index contributed by atoms with van der Waals surface area (Å²) in [6.45, 7) is -1.16. The number of hydrogen-bond acceptors (Lipinski definition) is 6. The lowest BCUT2D eigenvalue weighted by atomic mass is 10.2. The first-order chi connectivity index (χ1) is 8.97. The van der Waals surface area contributed by atoms with E-state index in [9.17, 15) is 13.2 Å². The Hall–Kier alpha value is -2.03. The zero-order valence-corrected chi connectivity index (χ0v) is 9.70. The second-order valence-corrected chi connectivity index (χ2v) is 3.76. The number of benzene rings is 1. The van der Waals surface area contributed by atoms with Crippen LogP contribution < -0.4 is 11.1 Å². The predicted molar refractivity (Wildman–Crippen MR) is 61.6 cm³/mol. The summed E-state index contributed by atoms with van der Waals surface area (Å²) < 4.78 is 44.5. The maximum absolute atomic E-state index is 11.8. The van der Waals surface area contributed by atoms with Gasteiger partial charge >= 0.3 is 6.18 Å². The highest BCUT2D eigenvalue weighted by molar-refractivity contribution is 5.94. The van der Waals surface area contributed by atoms with Crippen LogP contribution in [0.2, 0.25) is 0 Å². The molecule has 2 rings (SSSR count). The van der Waals surface area contributed by atoms with Crippen molar-refractivity contribution < 1.29 is 22.5 Å². The first kappa shape index (κ1) is 13.4. The van der Waals surface area contributed by atoms with Crippen LogP contribution in [0.1, 0.15) is 0 Å². The lowest BCUT2D eigenvalue weighted by Crippen LogP contribution is -2.20. The number of alkyl halides is 3. The summed E-state index contributed by atoms with van der Waals surface area (Å²) in [7, 11) is 0. The first-order valence-electron chi connectivity index (χ1n) is 5.36. The van der Waals surface area contributed by atoms with Crippen molar-refractivity contribution in [2.75, 3.05) is 30.8 Å². The van der Waals surface area contributed by atoms with Crippen LogP contribution in [0.3, 0.4) is 0 Å². The molecule has 0 aliphatic rings. The number of hydrogen-bond donors (Lipinski definition) is 2. The van der Waals surface area contributed by atoms with Crippen LogP contribution in [0.15, 0.2) is 16.8 Å². The van der Waals surface area contributed by atoms with Crippen LogP contribution in [0.5, 0.6) is 0 Å². The minimum atomic E-state index is -4.31. The maximum atomic E-state index is 11.8. The lowest BCUT2D eigenvalue weighted by Gasteiger charge is -2.09. The number of anilines is 2. The SMILES string of the molecule is Nc1ccc(NCCOCC(F)(F)F)c2nonc12. The van der Waals surface area contributed by atoms with Gasteiger partial charge in [0.25, 0.3) is 0 Å². The van der Waals surface area contributed by atoms with E-state index in [1.807, 2.05) is 0 Å². The van der Waals surface area contributed by atoms with Crippen molar-refractivity contribution in [2.24, 2.45) is 0 Å². The van der Waals surface area contributed by atoms with E-state index in [0.29, 0.717) is 22.4 Å². The van der Waals surface area contributed by atoms with Gasteiger partial charge in [-0.3, -0.25) is 0 Å². The molecule has 2 aromatic rings. The number of nitrogens with zero attached hydrogens (tertiary/aromatic N) is 2. The van der Waals surface area contributed by atoms with Crippen LogP contribution in [0, 0.1) is 0 Å². The van der Waals surface area contributed by atoms with E-state index < -0.39 is 12.8 Å². The number of aromatic nitrogens is 2. The van der Waals surface area contributed by atoms with Crippen molar-refractivity contribution in [3.8, 4) is 0 Å². The van der Waals surface area contributed by atoms with Gasteiger partial charge < -0.3 is 15.8 Å². The van der Waals surface area contributed by atoms with Gasteiger partial charge in [-0.05, 0) is 22.4 Å². The second-order valence-electron chi connectivity index (χ2n) is 3.76. The molecule has 0 radical (unpaired) electrons. The quantitative estimate of drug-likeness (QED) is 0.639. The summed E-state index contributed by atoms with van der Waals surface area (Å²) in [5, 5.41) is 10.2. The Bertz CT molecular complexity index is 555. The fraction of sp³-hybridized carbons (Fsp3) is 0.400. The van der Waals surface area contributed by atoms with Crippen LogP contribution in [-0.4, -0.2) is 36.2 Å². The third-order valence-corrected chi connectivity index (χ3v) is 2.27. The van der Waals surface area contributed by atoms with Crippen molar-refractivity contribution in [3.05, 3.63) is 12.1 Å². The van der Waals surface area contributed by atoms with Gasteiger partial charge in [-0.15, -0.1) is 0 Å². The average molecular weight is 276 g/mol. The predicted octanol–water partition coefficient (Wildman–Crippen LogP) is 1.80. The second kappa shape index (κ2) is 5.31. The van der Waals surface area contributed by atoms with Crippen LogP contribution >= 0.6 is 0 Å². The lowest BCUT2D eigenvalue weighted by molar-refractivity contribution is -0.172. The molecular weight excluding hydrogens is 265 g/mol. The van der Waals surface area contributed by atoms with E-state index in [2.05, 4.69) is 25.0 Å². The number of ether oxygens (including phenoxy) is 1. The molecule has 0 aliphatic heterocycles. The molecule has 104 valence electrons. The molecule has 0 saturated carbocycles. The highest BCUT2D eigenvalue weighted by Gasteiger charge is 2.27. The molecule has 1 aromatic heterocycles. The number of fused-ring (bicyclic) bond motifs is 1. The van der Waals surface area contributed by atoms with E-state index in [1.54, 1.807) is 12.1 Å². The fourth-order valence-electron chi connectivity index (χ4n) is 1.47. The molecule has 6 nitrogen and oxygen atoms in total. The highest BCUT2D eigenvalue weighted by atomic mass is 19.4. The number of rotatable bonds is 5. The van der Waals surface area contributed by atoms with Gasteiger partial charge in [0.15, 0.2) is 11.0 Å². The molecule has 3 N–H and O–H groups in total. The molecule has 1 heterocycles. The largest absolute Gasteiger partial charge is 0.411 e. The van der Waals surface area contributed by atoms with E-state index in [1.165, 1.54) is 0 Å². The van der Waals surface area contributed by atoms with Crippen molar-refractivity contribution in [1.82, 2.24) is 10.3 Å². The normalized spacial score (nSPS) is 11.9. The topological polar surface area (TPSA) is 86.2 Å². The monoisotopic (exact) mass is 276 g/mol. The summed E-state index contributed by atoms with van der Waals surface area (Å²) in [5.74, 6) is 0. The minimum absolute atomic E-state index is 0.0866. The van der Waals surface area contributed by atoms with Gasteiger partial charge in [-0.1, -0.05) is 0 Å². The molecule has 0 amide bonds. The van der Waals surface area contributed by atoms with Gasteiger partial charge in [-0.2, -0.15) is 13.2 Å². The maximum Gasteiger partial charge on any atom is 0.411 e. The Morgan fingerprint density at radius 3 is 2.74 bits per heavy atom. The smallest absolute Gasteiger partial charge is 0.397 e. The first-order valence-corrected chi connectivity index (χ1v) is 5.36. The Labute approximate surface area is 105 Å². The fourth-order valence-corrected chi connectivity index (χ4v) is 1.47. The van der Waals surface area contributed by atoms with Crippen LogP contribution in [0.4, 0.5) is 24.5 Å². The zero-order valence-electron chi connectivity index (χ0n) is 9.70. The van der Waals surface area contributed by atoms with Gasteiger partial charge in [0.05, 0.1) is 18.0 Å². The van der Waals surface area contributed by atoms with E-state index in [-0.39, 0.29) is 13.2 Å². The summed E-state index contributed by atoms with van der Waals surface area (Å²) in [6.07, 6.45) is -4.31. The summed E-state index contributed by atoms with van der Waals surface area (Å²) >= 11 is 0. The Kier molecular flexibility index (Phi) is 3.74. The van der Waals surface area contributed by atoms with Gasteiger partial charge in [-0.25, -0.2) is 4.63 Å². The number of nitrogen functional groups attached to an aromatic ring is 1. The molecule has 0 spiro atoms. The Morgan fingerprint density at radius 2 is 2.00 bits per heavy atom. The molecule has 9 heteroatoms. The van der Waals surface area contributed by atoms with Crippen molar-refractivity contribution in [3.63, 3.8) is 0 Å². The van der Waals surface area contributed by atoms with Crippen molar-refractivity contribution in [2.45, 2.75) is 6.18 Å². The van der Waals surface area contributed by atoms with Crippen molar-refractivity contribution in [1.29, 1.82) is 0 Å². The Morgan fingerprint density at radius 1 is 1.26 bits per heavy atom. The van der Waals surface area contributed by atoms with Gasteiger partial charge in [0.2, 0.25) is 0 Å². The summed E-state index contributed by atoms with van der Waals surface area (Å²) in [4.78, 5) is 0. The van der Waals surface area contributed by atoms with Crippen LogP contribution in [0.25, 0.3) is 11.0 Å². The van der Waals surface area contributed by atoms with Crippen LogP contribution in [-0.2, 0) is 4.74 Å². The molecule has 0 unspecified atom stereocenters. The number of nitrogens with two attached hydrogens (primary N) is 1. The summed E-state index contributed by atoms with van der Waals surface area (Å²) in [5.41, 5.74) is 7.47. The third kappa shape index (κ3) is 3.47. The summed E-state index contributed by atoms with van der Waals surface area (Å²) in [6, 6.07) is 3.25. The Balaban J connectivity index is 1.89. The van der Waals surface area contributed by atoms with Crippen molar-refractivity contribution >= 4 is 22.4 Å². The molecule has 0 fully saturated rings. The van der Waals surface area contributed by atoms with E-state index >= 15 is 0 Å². The molecule has 0 atom stereocenters.